The van der Waals surface area contributed by atoms with Crippen molar-refractivity contribution in [1.29, 1.82) is 5.26 Å². The summed E-state index contributed by atoms with van der Waals surface area (Å²) in [5, 5.41) is 22.2. The molecule has 1 aromatic rings. The third-order valence-corrected chi connectivity index (χ3v) is 1.92. The molecule has 82 valence electrons. The number of nitro groups is 1. The van der Waals surface area contributed by atoms with Crippen molar-refractivity contribution in [3.63, 3.8) is 0 Å². The number of aromatic nitrogens is 1. The third kappa shape index (κ3) is 2.54. The minimum atomic E-state index is -0.589. The highest BCUT2D eigenvalue weighted by molar-refractivity contribution is 5.56. The van der Waals surface area contributed by atoms with Gasteiger partial charge >= 0.3 is 0 Å². The number of nitrogens with zero attached hydrogens (tertiary/aromatic N) is 3. The average molecular weight is 218 g/mol. The minimum absolute atomic E-state index is 0.0685. The quantitative estimate of drug-likeness (QED) is 0.473. The van der Waals surface area contributed by atoms with E-state index < -0.39 is 4.92 Å². The number of nitriles is 1. The Morgan fingerprint density at radius 1 is 1.81 bits per heavy atom. The maximum atomic E-state index is 10.5. The fraction of sp³-hybridized carbons (Fsp3) is 0.200. The fourth-order valence-corrected chi connectivity index (χ4v) is 1.03. The largest absolute Gasteiger partial charge is 0.363 e. The summed E-state index contributed by atoms with van der Waals surface area (Å²) in [6.45, 7) is 5.41. The molecule has 0 saturated heterocycles. The van der Waals surface area contributed by atoms with Crippen LogP contribution in [0, 0.1) is 21.4 Å². The summed E-state index contributed by atoms with van der Waals surface area (Å²) in [6.07, 6.45) is 2.75. The van der Waals surface area contributed by atoms with Crippen LogP contribution in [0.5, 0.6) is 0 Å². The Morgan fingerprint density at radius 3 is 3.00 bits per heavy atom. The molecule has 0 fully saturated rings. The summed E-state index contributed by atoms with van der Waals surface area (Å²) < 4.78 is 0. The van der Waals surface area contributed by atoms with Crippen molar-refractivity contribution < 1.29 is 4.92 Å². The molecular weight excluding hydrogens is 208 g/mol. The number of anilines is 1. The van der Waals surface area contributed by atoms with Gasteiger partial charge in [-0.3, -0.25) is 10.1 Å². The average Bonchev–Trinajstić information content (AvgIpc) is 2.29. The fourth-order valence-electron chi connectivity index (χ4n) is 1.03. The Balaban J connectivity index is 3.08. The highest BCUT2D eigenvalue weighted by Gasteiger charge is 2.12. The zero-order chi connectivity index (χ0) is 12.1. The van der Waals surface area contributed by atoms with Crippen LogP contribution in [0.2, 0.25) is 0 Å². The Labute approximate surface area is 92.4 Å². The first-order valence-corrected chi connectivity index (χ1v) is 4.52. The molecule has 0 saturated carbocycles. The SMILES string of the molecule is C=CC(C)Nc1ncc([N+](=O)[O-])cc1C#N. The van der Waals surface area contributed by atoms with Crippen LogP contribution in [0.25, 0.3) is 0 Å². The van der Waals surface area contributed by atoms with Crippen LogP contribution in [0.3, 0.4) is 0 Å². The zero-order valence-corrected chi connectivity index (χ0v) is 8.67. The molecule has 0 spiro atoms. The molecule has 0 aliphatic rings. The van der Waals surface area contributed by atoms with Gasteiger partial charge in [-0.2, -0.15) is 5.26 Å². The summed E-state index contributed by atoms with van der Waals surface area (Å²) in [6, 6.07) is 2.97. The van der Waals surface area contributed by atoms with Gasteiger partial charge < -0.3 is 5.32 Å². The van der Waals surface area contributed by atoms with Crippen LogP contribution in [0.1, 0.15) is 12.5 Å². The maximum absolute atomic E-state index is 10.5. The Kier molecular flexibility index (Phi) is 3.56. The van der Waals surface area contributed by atoms with Crippen LogP contribution in [0.4, 0.5) is 11.5 Å². The lowest BCUT2D eigenvalue weighted by Crippen LogP contribution is -2.13. The van der Waals surface area contributed by atoms with Gasteiger partial charge in [-0.05, 0) is 6.92 Å². The summed E-state index contributed by atoms with van der Waals surface area (Å²) in [5.41, 5.74) is -0.0590. The van der Waals surface area contributed by atoms with Crippen molar-refractivity contribution >= 4 is 11.5 Å². The van der Waals surface area contributed by atoms with E-state index in [0.29, 0.717) is 5.82 Å². The first-order valence-electron chi connectivity index (χ1n) is 4.52. The van der Waals surface area contributed by atoms with Gasteiger partial charge in [-0.25, -0.2) is 4.98 Å². The normalized spacial score (nSPS) is 11.2. The number of nitrogens with one attached hydrogen (secondary N) is 1. The van der Waals surface area contributed by atoms with E-state index in [1.54, 1.807) is 6.08 Å². The highest BCUT2D eigenvalue weighted by atomic mass is 16.6. The van der Waals surface area contributed by atoms with E-state index in [0.717, 1.165) is 6.20 Å². The predicted molar refractivity (Wildman–Crippen MR) is 58.9 cm³/mol. The van der Waals surface area contributed by atoms with Crippen LogP contribution >= 0.6 is 0 Å². The minimum Gasteiger partial charge on any atom is -0.363 e. The lowest BCUT2D eigenvalue weighted by Gasteiger charge is -2.10. The maximum Gasteiger partial charge on any atom is 0.289 e. The van der Waals surface area contributed by atoms with Gasteiger partial charge in [0.05, 0.1) is 4.92 Å². The summed E-state index contributed by atoms with van der Waals surface area (Å²) >= 11 is 0. The standard InChI is InChI=1S/C10H10N4O2/c1-3-7(2)13-10-8(5-11)4-9(6-12-10)14(15)16/h3-4,6-7H,1H2,2H3,(H,12,13). The Bertz CT molecular complexity index is 464. The van der Waals surface area contributed by atoms with E-state index in [1.807, 2.05) is 13.0 Å². The molecule has 1 rings (SSSR count). The summed E-state index contributed by atoms with van der Waals surface area (Å²) in [7, 11) is 0. The van der Waals surface area contributed by atoms with Gasteiger partial charge in [0.2, 0.25) is 0 Å². The van der Waals surface area contributed by atoms with E-state index in [2.05, 4.69) is 16.9 Å². The van der Waals surface area contributed by atoms with E-state index in [-0.39, 0.29) is 17.3 Å². The van der Waals surface area contributed by atoms with E-state index >= 15 is 0 Å². The lowest BCUT2D eigenvalue weighted by molar-refractivity contribution is -0.385. The molecule has 1 atom stereocenters. The second-order valence-electron chi connectivity index (χ2n) is 3.13. The van der Waals surface area contributed by atoms with E-state index in [4.69, 9.17) is 5.26 Å². The van der Waals surface area contributed by atoms with E-state index in [9.17, 15) is 10.1 Å². The lowest BCUT2D eigenvalue weighted by atomic mass is 10.2. The van der Waals surface area contributed by atoms with Crippen molar-refractivity contribution in [1.82, 2.24) is 4.98 Å². The molecule has 16 heavy (non-hydrogen) atoms. The van der Waals surface area contributed by atoms with Crippen LogP contribution in [0.15, 0.2) is 24.9 Å². The number of rotatable bonds is 4. The van der Waals surface area contributed by atoms with Gasteiger partial charge in [-0.1, -0.05) is 6.08 Å². The van der Waals surface area contributed by atoms with Crippen molar-refractivity contribution in [3.05, 3.63) is 40.6 Å². The van der Waals surface area contributed by atoms with Crippen molar-refractivity contribution in [2.75, 3.05) is 5.32 Å². The van der Waals surface area contributed by atoms with Gasteiger partial charge in [0.15, 0.2) is 0 Å². The molecule has 0 aliphatic carbocycles. The van der Waals surface area contributed by atoms with Crippen molar-refractivity contribution in [3.8, 4) is 6.07 Å². The van der Waals surface area contributed by atoms with Gasteiger partial charge in [0.25, 0.3) is 5.69 Å². The molecule has 0 aromatic carbocycles. The first-order chi connectivity index (χ1) is 7.58. The van der Waals surface area contributed by atoms with Gasteiger partial charge in [0.1, 0.15) is 23.6 Å². The topological polar surface area (TPSA) is 91.8 Å². The number of hydrogen-bond acceptors (Lipinski definition) is 5. The van der Waals surface area contributed by atoms with Crippen LogP contribution in [-0.2, 0) is 0 Å². The molecular formula is C10H10N4O2. The number of pyridine rings is 1. The third-order valence-electron chi connectivity index (χ3n) is 1.92. The van der Waals surface area contributed by atoms with Gasteiger partial charge in [0, 0.05) is 12.1 Å². The molecule has 6 nitrogen and oxygen atoms in total. The molecule has 1 unspecified atom stereocenters. The molecule has 1 N–H and O–H groups in total. The molecule has 0 amide bonds. The molecule has 1 heterocycles. The summed E-state index contributed by atoms with van der Waals surface area (Å²) in [4.78, 5) is 13.7. The molecule has 0 aliphatic heterocycles. The second-order valence-corrected chi connectivity index (χ2v) is 3.13. The zero-order valence-electron chi connectivity index (χ0n) is 8.67. The Morgan fingerprint density at radius 2 is 2.50 bits per heavy atom. The molecule has 6 heteroatoms. The highest BCUT2D eigenvalue weighted by Crippen LogP contribution is 2.18. The molecule has 0 radical (unpaired) electrons. The first kappa shape index (κ1) is 11.7. The van der Waals surface area contributed by atoms with Gasteiger partial charge in [-0.15, -0.1) is 6.58 Å². The van der Waals surface area contributed by atoms with E-state index in [1.165, 1.54) is 6.07 Å². The van der Waals surface area contributed by atoms with Crippen LogP contribution in [-0.4, -0.2) is 15.9 Å². The van der Waals surface area contributed by atoms with Crippen LogP contribution < -0.4 is 5.32 Å². The van der Waals surface area contributed by atoms with Crippen molar-refractivity contribution in [2.45, 2.75) is 13.0 Å². The number of hydrogen-bond donors (Lipinski definition) is 1. The smallest absolute Gasteiger partial charge is 0.289 e. The Hall–Kier alpha value is -2.42. The second kappa shape index (κ2) is 4.89. The summed E-state index contributed by atoms with van der Waals surface area (Å²) in [5.74, 6) is 0.320. The van der Waals surface area contributed by atoms with Crippen molar-refractivity contribution in [2.24, 2.45) is 0 Å². The monoisotopic (exact) mass is 218 g/mol. The predicted octanol–water partition coefficient (Wildman–Crippen LogP) is 1.85. The molecule has 0 bridgehead atoms. The molecule has 1 aromatic heterocycles.